The fourth-order valence-electron chi connectivity index (χ4n) is 1.74. The number of benzene rings is 2. The van der Waals surface area contributed by atoms with Gasteiger partial charge in [0, 0.05) is 5.02 Å². The Hall–Kier alpha value is -1.45. The van der Waals surface area contributed by atoms with Crippen LogP contribution in [0.5, 0.6) is 5.75 Å². The first-order valence-corrected chi connectivity index (χ1v) is 6.19. The quantitative estimate of drug-likeness (QED) is 0.857. The summed E-state index contributed by atoms with van der Waals surface area (Å²) in [7, 11) is 0. The van der Waals surface area contributed by atoms with E-state index in [0.29, 0.717) is 17.4 Å². The Labute approximate surface area is 112 Å². The molecule has 0 aliphatic carbocycles. The second-order valence-electron chi connectivity index (χ2n) is 4.13. The molecule has 0 aliphatic heterocycles. The van der Waals surface area contributed by atoms with Crippen molar-refractivity contribution in [3.63, 3.8) is 0 Å². The van der Waals surface area contributed by atoms with Crippen LogP contribution in [0.25, 0.3) is 0 Å². The van der Waals surface area contributed by atoms with Crippen molar-refractivity contribution in [1.29, 1.82) is 0 Å². The van der Waals surface area contributed by atoms with Gasteiger partial charge in [0.25, 0.3) is 0 Å². The summed E-state index contributed by atoms with van der Waals surface area (Å²) in [5.41, 5.74) is 1.79. The first-order chi connectivity index (χ1) is 8.66. The summed E-state index contributed by atoms with van der Waals surface area (Å²) < 4.78 is 5.72. The number of ether oxygens (including phenoxy) is 1. The average molecular weight is 261 g/mol. The largest absolute Gasteiger partial charge is 0.489 e. The lowest BCUT2D eigenvalue weighted by atomic mass is 9.64. The van der Waals surface area contributed by atoms with Crippen molar-refractivity contribution in [2.45, 2.75) is 13.4 Å². The molecular formula is C14H14BClO2. The standard InChI is InChI=1S/C14H14BClO2/c1-15(17)13-7-2-3-8-14(13)18-10-11-5-4-6-12(16)9-11/h2-9,17H,10H2,1H3. The topological polar surface area (TPSA) is 29.5 Å². The van der Waals surface area contributed by atoms with Crippen LogP contribution in [-0.4, -0.2) is 11.9 Å². The molecule has 0 amide bonds. The first kappa shape index (κ1) is 13.0. The average Bonchev–Trinajstić information content (AvgIpc) is 2.37. The summed E-state index contributed by atoms with van der Waals surface area (Å²) in [4.78, 5) is 0. The van der Waals surface area contributed by atoms with Gasteiger partial charge in [-0.2, -0.15) is 0 Å². The maximum atomic E-state index is 9.64. The minimum Gasteiger partial charge on any atom is -0.489 e. The van der Waals surface area contributed by atoms with Crippen molar-refractivity contribution < 1.29 is 9.76 Å². The van der Waals surface area contributed by atoms with Crippen LogP contribution in [0.2, 0.25) is 11.8 Å². The summed E-state index contributed by atoms with van der Waals surface area (Å²) in [6.07, 6.45) is 0. The highest BCUT2D eigenvalue weighted by molar-refractivity contribution is 6.65. The molecule has 2 rings (SSSR count). The van der Waals surface area contributed by atoms with Crippen molar-refractivity contribution in [2.75, 3.05) is 0 Å². The molecule has 0 fully saturated rings. The minimum absolute atomic E-state index is 0.435. The Bertz CT molecular complexity index is 529. The van der Waals surface area contributed by atoms with Gasteiger partial charge < -0.3 is 9.76 Å². The lowest BCUT2D eigenvalue weighted by Gasteiger charge is -2.11. The van der Waals surface area contributed by atoms with Crippen LogP contribution in [0.3, 0.4) is 0 Å². The predicted octanol–water partition coefficient (Wildman–Crippen LogP) is 2.74. The van der Waals surface area contributed by atoms with Crippen LogP contribution in [0.4, 0.5) is 0 Å². The third-order valence-corrected chi connectivity index (χ3v) is 2.89. The molecule has 1 N–H and O–H groups in total. The van der Waals surface area contributed by atoms with Crippen molar-refractivity contribution >= 4 is 24.0 Å². The molecule has 0 heterocycles. The summed E-state index contributed by atoms with van der Waals surface area (Å²) >= 11 is 5.91. The molecule has 2 aromatic rings. The van der Waals surface area contributed by atoms with Crippen LogP contribution in [0, 0.1) is 0 Å². The zero-order chi connectivity index (χ0) is 13.0. The van der Waals surface area contributed by atoms with Crippen LogP contribution in [-0.2, 0) is 6.61 Å². The van der Waals surface area contributed by atoms with Gasteiger partial charge in [0.1, 0.15) is 12.4 Å². The summed E-state index contributed by atoms with van der Waals surface area (Å²) in [6.45, 7) is 1.62. The molecule has 0 aromatic heterocycles. The van der Waals surface area contributed by atoms with E-state index in [1.807, 2.05) is 48.5 Å². The Morgan fingerprint density at radius 3 is 2.67 bits per heavy atom. The van der Waals surface area contributed by atoms with E-state index in [9.17, 15) is 5.02 Å². The fourth-order valence-corrected chi connectivity index (χ4v) is 1.96. The smallest absolute Gasteiger partial charge is 0.324 e. The van der Waals surface area contributed by atoms with Gasteiger partial charge in [0.15, 0.2) is 0 Å². The zero-order valence-corrected chi connectivity index (χ0v) is 10.9. The highest BCUT2D eigenvalue weighted by atomic mass is 35.5. The minimum atomic E-state index is -0.541. The SMILES string of the molecule is CB(O)c1ccccc1OCc1cccc(Cl)c1. The third kappa shape index (κ3) is 3.28. The van der Waals surface area contributed by atoms with E-state index in [1.165, 1.54) is 0 Å². The van der Waals surface area contributed by atoms with Crippen LogP contribution in [0.15, 0.2) is 48.5 Å². The van der Waals surface area contributed by atoms with Crippen molar-refractivity contribution in [3.05, 3.63) is 59.1 Å². The Morgan fingerprint density at radius 1 is 1.17 bits per heavy atom. The molecule has 18 heavy (non-hydrogen) atoms. The van der Waals surface area contributed by atoms with Gasteiger partial charge in [0.2, 0.25) is 0 Å². The maximum Gasteiger partial charge on any atom is 0.324 e. The van der Waals surface area contributed by atoms with Gasteiger partial charge in [-0.15, -0.1) is 0 Å². The second-order valence-corrected chi connectivity index (χ2v) is 4.57. The molecule has 0 radical (unpaired) electrons. The molecular weight excluding hydrogens is 246 g/mol. The van der Waals surface area contributed by atoms with Gasteiger partial charge in [-0.25, -0.2) is 0 Å². The van der Waals surface area contributed by atoms with E-state index in [2.05, 4.69) is 0 Å². The molecule has 4 heteroatoms. The summed E-state index contributed by atoms with van der Waals surface area (Å²) in [5, 5.41) is 10.3. The molecule has 2 nitrogen and oxygen atoms in total. The maximum absolute atomic E-state index is 9.64. The molecule has 2 aromatic carbocycles. The fraction of sp³-hybridized carbons (Fsp3) is 0.143. The predicted molar refractivity (Wildman–Crippen MR) is 75.7 cm³/mol. The lowest BCUT2D eigenvalue weighted by Crippen LogP contribution is -2.27. The molecule has 0 saturated heterocycles. The van der Waals surface area contributed by atoms with E-state index in [-0.39, 0.29) is 0 Å². The van der Waals surface area contributed by atoms with E-state index in [0.717, 1.165) is 11.0 Å². The van der Waals surface area contributed by atoms with Gasteiger partial charge in [-0.05, 0) is 29.2 Å². The van der Waals surface area contributed by atoms with E-state index in [1.54, 1.807) is 6.82 Å². The van der Waals surface area contributed by atoms with Gasteiger partial charge in [-0.3, -0.25) is 0 Å². The Balaban J connectivity index is 2.11. The molecule has 0 saturated carbocycles. The Kier molecular flexibility index (Phi) is 4.29. The van der Waals surface area contributed by atoms with Crippen LogP contribution >= 0.6 is 11.6 Å². The summed E-state index contributed by atoms with van der Waals surface area (Å²) in [5.74, 6) is 0.701. The number of hydrogen-bond donors (Lipinski definition) is 1. The number of hydrogen-bond acceptors (Lipinski definition) is 2. The Morgan fingerprint density at radius 2 is 1.94 bits per heavy atom. The first-order valence-electron chi connectivity index (χ1n) is 5.81. The van der Waals surface area contributed by atoms with Crippen molar-refractivity contribution in [3.8, 4) is 5.75 Å². The summed E-state index contributed by atoms with van der Waals surface area (Å²) in [6, 6.07) is 15.0. The van der Waals surface area contributed by atoms with Crippen LogP contribution in [0.1, 0.15) is 5.56 Å². The van der Waals surface area contributed by atoms with E-state index >= 15 is 0 Å². The van der Waals surface area contributed by atoms with Gasteiger partial charge in [0.05, 0.1) is 0 Å². The normalized spacial score (nSPS) is 10.2. The zero-order valence-electron chi connectivity index (χ0n) is 10.1. The van der Waals surface area contributed by atoms with Crippen LogP contribution < -0.4 is 10.2 Å². The molecule has 0 atom stereocenters. The van der Waals surface area contributed by atoms with Gasteiger partial charge in [-0.1, -0.05) is 48.8 Å². The molecule has 0 bridgehead atoms. The number of halogens is 1. The molecule has 92 valence electrons. The number of rotatable bonds is 4. The van der Waals surface area contributed by atoms with Crippen molar-refractivity contribution in [2.24, 2.45) is 0 Å². The van der Waals surface area contributed by atoms with Crippen molar-refractivity contribution in [1.82, 2.24) is 0 Å². The van der Waals surface area contributed by atoms with E-state index < -0.39 is 6.92 Å². The second kappa shape index (κ2) is 5.94. The molecule has 0 spiro atoms. The third-order valence-electron chi connectivity index (χ3n) is 2.65. The number of para-hydroxylation sites is 1. The van der Waals surface area contributed by atoms with E-state index in [4.69, 9.17) is 16.3 Å². The highest BCUT2D eigenvalue weighted by Gasteiger charge is 2.12. The monoisotopic (exact) mass is 260 g/mol. The molecule has 0 aliphatic rings. The molecule has 0 unspecified atom stereocenters. The highest BCUT2D eigenvalue weighted by Crippen LogP contribution is 2.14. The van der Waals surface area contributed by atoms with Gasteiger partial charge >= 0.3 is 6.92 Å². The lowest BCUT2D eigenvalue weighted by molar-refractivity contribution is 0.308.